The van der Waals surface area contributed by atoms with Crippen molar-refractivity contribution in [3.05, 3.63) is 65.3 Å². The lowest BCUT2D eigenvalue weighted by molar-refractivity contribution is -0.117. The van der Waals surface area contributed by atoms with Crippen LogP contribution >= 0.6 is 11.3 Å². The van der Waals surface area contributed by atoms with E-state index in [1.807, 2.05) is 43.4 Å². The first-order valence-corrected chi connectivity index (χ1v) is 10.5. The molecule has 0 spiro atoms. The SMILES string of the molecule is COCc1nc(Nc2ccc3c(c2)CC(=O)N3C)c2c(-c3ccccc3)csc2n1. The number of rotatable bonds is 5. The summed E-state index contributed by atoms with van der Waals surface area (Å²) in [6, 6.07) is 16.2. The van der Waals surface area contributed by atoms with E-state index in [9.17, 15) is 4.79 Å². The largest absolute Gasteiger partial charge is 0.377 e. The van der Waals surface area contributed by atoms with E-state index in [2.05, 4.69) is 27.8 Å². The number of anilines is 3. The number of aromatic nitrogens is 2. The van der Waals surface area contributed by atoms with Crippen molar-refractivity contribution in [3.8, 4) is 11.1 Å². The maximum Gasteiger partial charge on any atom is 0.231 e. The third-order valence-corrected chi connectivity index (χ3v) is 6.13. The van der Waals surface area contributed by atoms with Gasteiger partial charge in [-0.1, -0.05) is 30.3 Å². The van der Waals surface area contributed by atoms with Gasteiger partial charge in [-0.15, -0.1) is 11.3 Å². The monoisotopic (exact) mass is 416 g/mol. The Balaban J connectivity index is 1.61. The Labute approximate surface area is 178 Å². The Morgan fingerprint density at radius 2 is 2.00 bits per heavy atom. The minimum atomic E-state index is 0.109. The molecular weight excluding hydrogens is 396 g/mol. The third-order valence-electron chi connectivity index (χ3n) is 5.26. The maximum absolute atomic E-state index is 12.0. The van der Waals surface area contributed by atoms with E-state index in [1.54, 1.807) is 23.3 Å². The molecule has 30 heavy (non-hydrogen) atoms. The number of carbonyl (C=O) groups is 1. The van der Waals surface area contributed by atoms with Gasteiger partial charge < -0.3 is 15.0 Å². The Morgan fingerprint density at radius 3 is 2.80 bits per heavy atom. The zero-order valence-electron chi connectivity index (χ0n) is 16.7. The maximum atomic E-state index is 12.0. The third kappa shape index (κ3) is 3.22. The molecule has 0 atom stereocenters. The molecule has 5 rings (SSSR count). The van der Waals surface area contributed by atoms with Crippen LogP contribution in [0, 0.1) is 0 Å². The van der Waals surface area contributed by atoms with Crippen molar-refractivity contribution in [2.45, 2.75) is 13.0 Å². The van der Waals surface area contributed by atoms with Crippen molar-refractivity contribution < 1.29 is 9.53 Å². The lowest BCUT2D eigenvalue weighted by Crippen LogP contribution is -2.20. The number of likely N-dealkylation sites (N-methyl/N-ethyl adjacent to an activating group) is 1. The van der Waals surface area contributed by atoms with Crippen LogP contribution in [0.15, 0.2) is 53.9 Å². The molecule has 3 heterocycles. The van der Waals surface area contributed by atoms with Crippen molar-refractivity contribution in [2.24, 2.45) is 0 Å². The highest BCUT2D eigenvalue weighted by Crippen LogP contribution is 2.38. The van der Waals surface area contributed by atoms with Crippen molar-refractivity contribution in [3.63, 3.8) is 0 Å². The van der Waals surface area contributed by atoms with Crippen molar-refractivity contribution in [1.82, 2.24) is 9.97 Å². The molecule has 7 heteroatoms. The number of amides is 1. The molecule has 2 aromatic carbocycles. The van der Waals surface area contributed by atoms with E-state index in [0.29, 0.717) is 18.9 Å². The molecule has 0 aliphatic carbocycles. The molecule has 1 N–H and O–H groups in total. The summed E-state index contributed by atoms with van der Waals surface area (Å²) in [6.07, 6.45) is 0.420. The number of carbonyl (C=O) groups excluding carboxylic acids is 1. The van der Waals surface area contributed by atoms with Crippen LogP contribution in [0.3, 0.4) is 0 Å². The number of nitrogens with zero attached hydrogens (tertiary/aromatic N) is 3. The summed E-state index contributed by atoms with van der Waals surface area (Å²) in [7, 11) is 3.45. The molecule has 4 aromatic rings. The first kappa shape index (κ1) is 18.7. The molecule has 0 unspecified atom stereocenters. The molecule has 0 bridgehead atoms. The van der Waals surface area contributed by atoms with Crippen LogP contribution in [0.2, 0.25) is 0 Å². The quantitative estimate of drug-likeness (QED) is 0.508. The molecule has 1 aliphatic rings. The van der Waals surface area contributed by atoms with Gasteiger partial charge in [0.15, 0.2) is 5.82 Å². The van der Waals surface area contributed by atoms with Gasteiger partial charge in [-0.05, 0) is 29.3 Å². The summed E-state index contributed by atoms with van der Waals surface area (Å²) >= 11 is 1.60. The first-order chi connectivity index (χ1) is 14.6. The van der Waals surface area contributed by atoms with Crippen molar-refractivity contribution in [1.29, 1.82) is 0 Å². The Bertz CT molecular complexity index is 1250. The predicted molar refractivity (Wildman–Crippen MR) is 120 cm³/mol. The average molecular weight is 417 g/mol. The zero-order chi connectivity index (χ0) is 20.7. The minimum Gasteiger partial charge on any atom is -0.377 e. The highest BCUT2D eigenvalue weighted by atomic mass is 32.1. The number of fused-ring (bicyclic) bond motifs is 2. The summed E-state index contributed by atoms with van der Waals surface area (Å²) < 4.78 is 5.27. The number of methoxy groups -OCH3 is 1. The Kier molecular flexibility index (Phi) is 4.69. The van der Waals surface area contributed by atoms with E-state index >= 15 is 0 Å². The standard InChI is InChI=1S/C23H20N4O2S/c1-27-18-9-8-16(10-15(18)11-20(27)28)24-22-21-17(14-6-4-3-5-7-14)13-30-23(21)26-19(25-22)12-29-2/h3-10,13H,11-12H2,1-2H3,(H,24,25,26). The Morgan fingerprint density at radius 1 is 1.17 bits per heavy atom. The van der Waals surface area contributed by atoms with Gasteiger partial charge in [0.05, 0.1) is 11.8 Å². The van der Waals surface area contributed by atoms with E-state index < -0.39 is 0 Å². The molecular formula is C23H20N4O2S. The number of benzene rings is 2. The topological polar surface area (TPSA) is 67.3 Å². The number of hydrogen-bond acceptors (Lipinski definition) is 6. The van der Waals surface area contributed by atoms with Gasteiger partial charge in [0.25, 0.3) is 0 Å². The van der Waals surface area contributed by atoms with Gasteiger partial charge in [-0.25, -0.2) is 9.97 Å². The van der Waals surface area contributed by atoms with Crippen molar-refractivity contribution >= 4 is 44.7 Å². The molecule has 1 aliphatic heterocycles. The highest BCUT2D eigenvalue weighted by Gasteiger charge is 2.24. The smallest absolute Gasteiger partial charge is 0.231 e. The molecule has 0 saturated heterocycles. The number of nitrogens with one attached hydrogen (secondary N) is 1. The van der Waals surface area contributed by atoms with Gasteiger partial charge in [-0.3, -0.25) is 4.79 Å². The summed E-state index contributed by atoms with van der Waals surface area (Å²) in [5.74, 6) is 1.48. The van der Waals surface area contributed by atoms with Gasteiger partial charge in [-0.2, -0.15) is 0 Å². The number of hydrogen-bond donors (Lipinski definition) is 1. The van der Waals surface area contributed by atoms with Gasteiger partial charge in [0.2, 0.25) is 5.91 Å². The van der Waals surface area contributed by atoms with E-state index in [1.165, 1.54) is 0 Å². The lowest BCUT2D eigenvalue weighted by Gasteiger charge is -2.13. The summed E-state index contributed by atoms with van der Waals surface area (Å²) in [5, 5.41) is 6.58. The van der Waals surface area contributed by atoms with Gasteiger partial charge in [0, 0.05) is 36.5 Å². The second-order valence-electron chi connectivity index (χ2n) is 7.22. The van der Waals surface area contributed by atoms with E-state index in [-0.39, 0.29) is 5.91 Å². The van der Waals surface area contributed by atoms with Gasteiger partial charge in [0.1, 0.15) is 17.3 Å². The fourth-order valence-corrected chi connectivity index (χ4v) is 4.75. The van der Waals surface area contributed by atoms with Crippen LogP contribution in [0.4, 0.5) is 17.2 Å². The van der Waals surface area contributed by atoms with Crippen LogP contribution in [-0.2, 0) is 22.6 Å². The van der Waals surface area contributed by atoms with Crippen LogP contribution in [0.5, 0.6) is 0 Å². The minimum absolute atomic E-state index is 0.109. The average Bonchev–Trinajstić information content (AvgIpc) is 3.30. The molecule has 0 radical (unpaired) electrons. The van der Waals surface area contributed by atoms with E-state index in [4.69, 9.17) is 9.72 Å². The molecule has 6 nitrogen and oxygen atoms in total. The first-order valence-electron chi connectivity index (χ1n) is 9.63. The van der Waals surface area contributed by atoms with Crippen LogP contribution in [0.1, 0.15) is 11.4 Å². The summed E-state index contributed by atoms with van der Waals surface area (Å²) in [5.41, 5.74) is 5.09. The molecule has 1 amide bonds. The normalized spacial score (nSPS) is 13.1. The molecule has 0 saturated carbocycles. The van der Waals surface area contributed by atoms with Crippen LogP contribution in [-0.4, -0.2) is 30.0 Å². The summed E-state index contributed by atoms with van der Waals surface area (Å²) in [6.45, 7) is 0.340. The second kappa shape index (κ2) is 7.51. The fourth-order valence-electron chi connectivity index (χ4n) is 3.78. The zero-order valence-corrected chi connectivity index (χ0v) is 17.5. The molecule has 150 valence electrons. The predicted octanol–water partition coefficient (Wildman–Crippen LogP) is 4.77. The van der Waals surface area contributed by atoms with Crippen LogP contribution < -0.4 is 10.2 Å². The fraction of sp³-hybridized carbons (Fsp3) is 0.174. The van der Waals surface area contributed by atoms with Crippen molar-refractivity contribution in [2.75, 3.05) is 24.4 Å². The van der Waals surface area contributed by atoms with Crippen LogP contribution in [0.25, 0.3) is 21.3 Å². The Hall–Kier alpha value is -3.29. The number of thiophene rings is 1. The second-order valence-corrected chi connectivity index (χ2v) is 8.07. The number of ether oxygens (including phenoxy) is 1. The van der Waals surface area contributed by atoms with E-state index in [0.717, 1.165) is 44.1 Å². The molecule has 0 fully saturated rings. The summed E-state index contributed by atoms with van der Waals surface area (Å²) in [4.78, 5) is 24.1. The lowest BCUT2D eigenvalue weighted by atomic mass is 10.1. The molecule has 2 aromatic heterocycles. The van der Waals surface area contributed by atoms with Gasteiger partial charge >= 0.3 is 0 Å². The highest BCUT2D eigenvalue weighted by molar-refractivity contribution is 7.17.